The second-order valence-corrected chi connectivity index (χ2v) is 6.01. The second kappa shape index (κ2) is 6.02. The zero-order valence-corrected chi connectivity index (χ0v) is 12.7. The van der Waals surface area contributed by atoms with E-state index >= 15 is 0 Å². The highest BCUT2D eigenvalue weighted by molar-refractivity contribution is 6.30. The highest BCUT2D eigenvalue weighted by Crippen LogP contribution is 2.39. The van der Waals surface area contributed by atoms with Gasteiger partial charge in [0.1, 0.15) is 5.75 Å². The maximum absolute atomic E-state index is 12.2. The number of ether oxygens (including phenoxy) is 1. The van der Waals surface area contributed by atoms with Crippen molar-refractivity contribution in [2.75, 3.05) is 13.7 Å². The lowest BCUT2D eigenvalue weighted by molar-refractivity contribution is -0.122. The zero-order chi connectivity index (χ0) is 14.8. The standard InChI is InChI=1S/C15H21ClN2O2/c1-15(9-17,11-3-4-11)18-14(19)8-10-7-12(16)5-6-13(10)20-2/h5-7,11H,3-4,8-9,17H2,1-2H3,(H,18,19). The lowest BCUT2D eigenvalue weighted by Crippen LogP contribution is -2.53. The number of benzene rings is 1. The van der Waals surface area contributed by atoms with Gasteiger partial charge in [-0.1, -0.05) is 11.6 Å². The van der Waals surface area contributed by atoms with Crippen molar-refractivity contribution < 1.29 is 9.53 Å². The Morgan fingerprint density at radius 2 is 2.25 bits per heavy atom. The van der Waals surface area contributed by atoms with Crippen LogP contribution in [-0.4, -0.2) is 25.1 Å². The maximum Gasteiger partial charge on any atom is 0.225 e. The molecule has 20 heavy (non-hydrogen) atoms. The Morgan fingerprint density at radius 3 is 2.80 bits per heavy atom. The molecule has 0 aromatic heterocycles. The molecule has 0 aliphatic heterocycles. The molecule has 0 saturated heterocycles. The number of carbonyl (C=O) groups is 1. The number of hydrogen-bond acceptors (Lipinski definition) is 3. The third-order valence-electron chi connectivity index (χ3n) is 3.92. The van der Waals surface area contributed by atoms with Crippen LogP contribution in [0.4, 0.5) is 0 Å². The van der Waals surface area contributed by atoms with Crippen molar-refractivity contribution in [3.8, 4) is 5.75 Å². The molecule has 0 spiro atoms. The lowest BCUT2D eigenvalue weighted by atomic mass is 9.95. The van der Waals surface area contributed by atoms with Gasteiger partial charge in [-0.15, -0.1) is 0 Å². The van der Waals surface area contributed by atoms with Crippen LogP contribution in [0.5, 0.6) is 5.75 Å². The number of amides is 1. The summed E-state index contributed by atoms with van der Waals surface area (Å²) >= 11 is 5.97. The molecule has 1 aromatic rings. The third kappa shape index (κ3) is 3.44. The van der Waals surface area contributed by atoms with Crippen LogP contribution in [0.3, 0.4) is 0 Å². The summed E-state index contributed by atoms with van der Waals surface area (Å²) in [5.41, 5.74) is 6.29. The summed E-state index contributed by atoms with van der Waals surface area (Å²) in [6, 6.07) is 5.28. The fourth-order valence-electron chi connectivity index (χ4n) is 2.46. The van der Waals surface area contributed by atoms with Crippen LogP contribution in [0.25, 0.3) is 0 Å². The fraction of sp³-hybridized carbons (Fsp3) is 0.533. The molecule has 0 radical (unpaired) electrons. The SMILES string of the molecule is COc1ccc(Cl)cc1CC(=O)NC(C)(CN)C1CC1. The summed E-state index contributed by atoms with van der Waals surface area (Å²) < 4.78 is 5.25. The quantitative estimate of drug-likeness (QED) is 0.845. The van der Waals surface area contributed by atoms with Gasteiger partial charge < -0.3 is 15.8 Å². The number of hydrogen-bond donors (Lipinski definition) is 2. The normalized spacial score (nSPS) is 17.4. The summed E-state index contributed by atoms with van der Waals surface area (Å²) in [6.45, 7) is 2.47. The predicted molar refractivity (Wildman–Crippen MR) is 80.0 cm³/mol. The van der Waals surface area contributed by atoms with Crippen molar-refractivity contribution >= 4 is 17.5 Å². The van der Waals surface area contributed by atoms with Gasteiger partial charge in [0.2, 0.25) is 5.91 Å². The molecule has 1 unspecified atom stereocenters. The van der Waals surface area contributed by atoms with E-state index in [1.807, 2.05) is 6.92 Å². The van der Waals surface area contributed by atoms with E-state index in [4.69, 9.17) is 22.1 Å². The Morgan fingerprint density at radius 1 is 1.55 bits per heavy atom. The minimum Gasteiger partial charge on any atom is -0.496 e. The predicted octanol–water partition coefficient (Wildman–Crippen LogP) is 2.13. The van der Waals surface area contributed by atoms with Crippen molar-refractivity contribution in [3.05, 3.63) is 28.8 Å². The summed E-state index contributed by atoms with van der Waals surface area (Å²) in [6.07, 6.45) is 2.51. The summed E-state index contributed by atoms with van der Waals surface area (Å²) in [4.78, 5) is 12.2. The molecule has 1 atom stereocenters. The minimum absolute atomic E-state index is 0.0505. The number of methoxy groups -OCH3 is 1. The van der Waals surface area contributed by atoms with E-state index in [0.717, 1.165) is 18.4 Å². The van der Waals surface area contributed by atoms with Crippen LogP contribution in [0, 0.1) is 5.92 Å². The zero-order valence-electron chi connectivity index (χ0n) is 11.9. The summed E-state index contributed by atoms with van der Waals surface area (Å²) in [7, 11) is 1.58. The van der Waals surface area contributed by atoms with Crippen LogP contribution in [0.15, 0.2) is 18.2 Å². The van der Waals surface area contributed by atoms with Crippen molar-refractivity contribution in [1.82, 2.24) is 5.32 Å². The Bertz CT molecular complexity index is 503. The Hall–Kier alpha value is -1.26. The van der Waals surface area contributed by atoms with E-state index in [9.17, 15) is 4.79 Å². The summed E-state index contributed by atoms with van der Waals surface area (Å²) in [5.74, 6) is 1.12. The maximum atomic E-state index is 12.2. The average molecular weight is 297 g/mol. The third-order valence-corrected chi connectivity index (χ3v) is 4.16. The van der Waals surface area contributed by atoms with E-state index < -0.39 is 0 Å². The Labute approximate surface area is 124 Å². The summed E-state index contributed by atoms with van der Waals surface area (Å²) in [5, 5.41) is 3.66. The molecule has 2 rings (SSSR count). The molecule has 3 N–H and O–H groups in total. The molecule has 0 heterocycles. The molecule has 1 aromatic carbocycles. The molecule has 4 nitrogen and oxygen atoms in total. The highest BCUT2D eigenvalue weighted by atomic mass is 35.5. The number of halogens is 1. The van der Waals surface area contributed by atoms with Crippen LogP contribution < -0.4 is 15.8 Å². The Kier molecular flexibility index (Phi) is 4.55. The van der Waals surface area contributed by atoms with Crippen LogP contribution >= 0.6 is 11.6 Å². The van der Waals surface area contributed by atoms with Gasteiger partial charge in [0, 0.05) is 17.1 Å². The lowest BCUT2D eigenvalue weighted by Gasteiger charge is -2.29. The minimum atomic E-state index is -0.303. The average Bonchev–Trinajstić information content (AvgIpc) is 3.23. The molecule has 1 aliphatic carbocycles. The molecule has 1 aliphatic rings. The van der Waals surface area contributed by atoms with Gasteiger partial charge in [-0.3, -0.25) is 4.79 Å². The van der Waals surface area contributed by atoms with Crippen molar-refractivity contribution in [2.45, 2.75) is 31.7 Å². The van der Waals surface area contributed by atoms with E-state index in [-0.39, 0.29) is 17.9 Å². The topological polar surface area (TPSA) is 64.3 Å². The first-order valence-corrected chi connectivity index (χ1v) is 7.20. The Balaban J connectivity index is 2.06. The van der Waals surface area contributed by atoms with E-state index in [1.165, 1.54) is 0 Å². The van der Waals surface area contributed by atoms with Gasteiger partial charge in [0.05, 0.1) is 19.1 Å². The second-order valence-electron chi connectivity index (χ2n) is 5.58. The monoisotopic (exact) mass is 296 g/mol. The van der Waals surface area contributed by atoms with E-state index in [2.05, 4.69) is 5.32 Å². The first-order chi connectivity index (χ1) is 9.48. The van der Waals surface area contributed by atoms with Gasteiger partial charge in [-0.2, -0.15) is 0 Å². The van der Waals surface area contributed by atoms with E-state index in [0.29, 0.717) is 23.2 Å². The van der Waals surface area contributed by atoms with Crippen LogP contribution in [0.2, 0.25) is 5.02 Å². The van der Waals surface area contributed by atoms with Gasteiger partial charge in [0.25, 0.3) is 0 Å². The number of nitrogens with two attached hydrogens (primary N) is 1. The molecule has 1 saturated carbocycles. The number of rotatable bonds is 6. The molecule has 110 valence electrons. The van der Waals surface area contributed by atoms with Gasteiger partial charge in [-0.25, -0.2) is 0 Å². The van der Waals surface area contributed by atoms with Gasteiger partial charge in [-0.05, 0) is 43.9 Å². The molecular formula is C15H21ClN2O2. The fourth-order valence-corrected chi connectivity index (χ4v) is 2.66. The number of nitrogens with one attached hydrogen (secondary N) is 1. The van der Waals surface area contributed by atoms with Gasteiger partial charge in [0.15, 0.2) is 0 Å². The molecule has 5 heteroatoms. The molecule has 0 bridgehead atoms. The van der Waals surface area contributed by atoms with Crippen molar-refractivity contribution in [3.63, 3.8) is 0 Å². The first kappa shape index (κ1) is 15.1. The first-order valence-electron chi connectivity index (χ1n) is 6.82. The van der Waals surface area contributed by atoms with Gasteiger partial charge >= 0.3 is 0 Å². The smallest absolute Gasteiger partial charge is 0.225 e. The molecular weight excluding hydrogens is 276 g/mol. The largest absolute Gasteiger partial charge is 0.496 e. The molecule has 1 amide bonds. The van der Waals surface area contributed by atoms with E-state index in [1.54, 1.807) is 25.3 Å². The van der Waals surface area contributed by atoms with Crippen LogP contribution in [0.1, 0.15) is 25.3 Å². The van der Waals surface area contributed by atoms with Crippen molar-refractivity contribution in [2.24, 2.45) is 11.7 Å². The van der Waals surface area contributed by atoms with Crippen LogP contribution in [-0.2, 0) is 11.2 Å². The number of carbonyl (C=O) groups excluding carboxylic acids is 1. The van der Waals surface area contributed by atoms with Crippen molar-refractivity contribution in [1.29, 1.82) is 0 Å². The highest BCUT2D eigenvalue weighted by Gasteiger charge is 2.41. The molecule has 1 fully saturated rings.